The Bertz CT molecular complexity index is 366. The van der Waals surface area contributed by atoms with Gasteiger partial charge in [0.25, 0.3) is 0 Å². The Morgan fingerprint density at radius 3 is 2.37 bits per heavy atom. The van der Waals surface area contributed by atoms with Crippen LogP contribution in [0, 0.1) is 11.6 Å². The van der Waals surface area contributed by atoms with Crippen molar-refractivity contribution in [1.82, 2.24) is 0 Å². The molecule has 1 atom stereocenters. The first-order valence-electron chi connectivity index (χ1n) is 7.25. The van der Waals surface area contributed by atoms with Gasteiger partial charge in [-0.2, -0.15) is 0 Å². The van der Waals surface area contributed by atoms with Crippen LogP contribution in [0.25, 0.3) is 0 Å². The standard InChI is InChI=1S/C16H24F2O/c1-2-3-4-5-6-7-8-14(19)11-13-9-10-15(17)16(18)12-13/h9-10,12,14,19H,2-8,11H2,1H3. The van der Waals surface area contributed by atoms with Crippen molar-refractivity contribution < 1.29 is 13.9 Å². The number of aliphatic hydroxyl groups excluding tert-OH is 1. The third-order valence-electron chi connectivity index (χ3n) is 3.35. The molecule has 0 bridgehead atoms. The zero-order chi connectivity index (χ0) is 14.1. The van der Waals surface area contributed by atoms with Crippen LogP contribution in [-0.2, 0) is 6.42 Å². The van der Waals surface area contributed by atoms with Crippen molar-refractivity contribution in [2.75, 3.05) is 0 Å². The molecule has 1 rings (SSSR count). The molecule has 1 aromatic rings. The first-order chi connectivity index (χ1) is 9.13. The highest BCUT2D eigenvalue weighted by Gasteiger charge is 2.08. The van der Waals surface area contributed by atoms with E-state index in [1.807, 2.05) is 0 Å². The molecule has 0 aromatic heterocycles. The number of benzene rings is 1. The summed E-state index contributed by atoms with van der Waals surface area (Å²) in [6, 6.07) is 3.81. The Kier molecular flexibility index (Phi) is 7.65. The molecule has 1 unspecified atom stereocenters. The SMILES string of the molecule is CCCCCCCCC(O)Cc1ccc(F)c(F)c1. The molecule has 1 nitrogen and oxygen atoms in total. The highest BCUT2D eigenvalue weighted by Crippen LogP contribution is 2.14. The summed E-state index contributed by atoms with van der Waals surface area (Å²) in [5.74, 6) is -1.68. The molecule has 108 valence electrons. The van der Waals surface area contributed by atoms with Gasteiger partial charge in [-0.25, -0.2) is 8.78 Å². The van der Waals surface area contributed by atoms with Crippen molar-refractivity contribution in [3.8, 4) is 0 Å². The van der Waals surface area contributed by atoms with E-state index in [9.17, 15) is 13.9 Å². The molecule has 0 saturated heterocycles. The quantitative estimate of drug-likeness (QED) is 0.649. The molecule has 3 heteroatoms. The minimum Gasteiger partial charge on any atom is -0.393 e. The van der Waals surface area contributed by atoms with Crippen LogP contribution in [0.2, 0.25) is 0 Å². The van der Waals surface area contributed by atoms with Crippen LogP contribution in [0.15, 0.2) is 18.2 Å². The molecule has 0 heterocycles. The minimum absolute atomic E-state index is 0.395. The fraction of sp³-hybridized carbons (Fsp3) is 0.625. The number of hydrogen-bond acceptors (Lipinski definition) is 1. The maximum Gasteiger partial charge on any atom is 0.159 e. The van der Waals surface area contributed by atoms with Crippen molar-refractivity contribution in [3.63, 3.8) is 0 Å². The molecule has 19 heavy (non-hydrogen) atoms. The van der Waals surface area contributed by atoms with Crippen molar-refractivity contribution >= 4 is 0 Å². The van der Waals surface area contributed by atoms with Crippen LogP contribution in [0.5, 0.6) is 0 Å². The summed E-state index contributed by atoms with van der Waals surface area (Å²) < 4.78 is 25.7. The van der Waals surface area contributed by atoms with Gasteiger partial charge < -0.3 is 5.11 Å². The number of hydrogen-bond donors (Lipinski definition) is 1. The second-order valence-electron chi connectivity index (χ2n) is 5.16. The van der Waals surface area contributed by atoms with E-state index in [1.54, 1.807) is 0 Å². The van der Waals surface area contributed by atoms with E-state index in [2.05, 4.69) is 6.92 Å². The van der Waals surface area contributed by atoms with Crippen LogP contribution in [0.4, 0.5) is 8.78 Å². The smallest absolute Gasteiger partial charge is 0.159 e. The largest absolute Gasteiger partial charge is 0.393 e. The van der Waals surface area contributed by atoms with Gasteiger partial charge in [0.05, 0.1) is 6.10 Å². The second-order valence-corrected chi connectivity index (χ2v) is 5.16. The molecule has 0 aliphatic heterocycles. The first kappa shape index (κ1) is 16.1. The Labute approximate surface area is 114 Å². The number of rotatable bonds is 9. The summed E-state index contributed by atoms with van der Waals surface area (Å²) in [5, 5.41) is 9.85. The van der Waals surface area contributed by atoms with Crippen molar-refractivity contribution in [2.45, 2.75) is 64.4 Å². The molecular formula is C16H24F2O. The lowest BCUT2D eigenvalue weighted by molar-refractivity contribution is 0.160. The topological polar surface area (TPSA) is 20.2 Å². The van der Waals surface area contributed by atoms with Crippen LogP contribution >= 0.6 is 0 Å². The molecule has 0 saturated carbocycles. The number of unbranched alkanes of at least 4 members (excludes halogenated alkanes) is 5. The zero-order valence-electron chi connectivity index (χ0n) is 11.7. The van der Waals surface area contributed by atoms with E-state index >= 15 is 0 Å². The van der Waals surface area contributed by atoms with E-state index in [4.69, 9.17) is 0 Å². The van der Waals surface area contributed by atoms with Gasteiger partial charge in [0, 0.05) is 0 Å². The summed E-state index contributed by atoms with van der Waals surface area (Å²) >= 11 is 0. The number of halogens is 2. The van der Waals surface area contributed by atoms with E-state index < -0.39 is 17.7 Å². The lowest BCUT2D eigenvalue weighted by atomic mass is 10.0. The Hall–Kier alpha value is -0.960. The van der Waals surface area contributed by atoms with Gasteiger partial charge in [0.15, 0.2) is 11.6 Å². The molecule has 0 radical (unpaired) electrons. The highest BCUT2D eigenvalue weighted by atomic mass is 19.2. The summed E-state index contributed by atoms with van der Waals surface area (Å²) in [4.78, 5) is 0. The molecule has 1 aromatic carbocycles. The van der Waals surface area contributed by atoms with Gasteiger partial charge in [-0.1, -0.05) is 51.5 Å². The van der Waals surface area contributed by atoms with Gasteiger partial charge in [0.2, 0.25) is 0 Å². The minimum atomic E-state index is -0.843. The fourth-order valence-corrected chi connectivity index (χ4v) is 2.20. The van der Waals surface area contributed by atoms with Gasteiger partial charge in [0.1, 0.15) is 0 Å². The summed E-state index contributed by atoms with van der Waals surface area (Å²) in [7, 11) is 0. The molecule has 0 amide bonds. The normalized spacial score (nSPS) is 12.6. The first-order valence-corrected chi connectivity index (χ1v) is 7.25. The monoisotopic (exact) mass is 270 g/mol. The summed E-state index contributed by atoms with van der Waals surface area (Å²) in [6.07, 6.45) is 7.77. The Morgan fingerprint density at radius 2 is 1.68 bits per heavy atom. The second kappa shape index (κ2) is 9.03. The van der Waals surface area contributed by atoms with Gasteiger partial charge in [-0.3, -0.25) is 0 Å². The molecule has 0 aliphatic rings. The third kappa shape index (κ3) is 6.67. The molecule has 0 fully saturated rings. The van der Waals surface area contributed by atoms with Crippen LogP contribution in [0.3, 0.4) is 0 Å². The number of aliphatic hydroxyl groups is 1. The summed E-state index contributed by atoms with van der Waals surface area (Å²) in [5.41, 5.74) is 0.650. The average molecular weight is 270 g/mol. The zero-order valence-corrected chi connectivity index (χ0v) is 11.7. The maximum atomic E-state index is 13.0. The van der Waals surface area contributed by atoms with Gasteiger partial charge in [-0.05, 0) is 30.5 Å². The van der Waals surface area contributed by atoms with E-state index in [0.717, 1.165) is 25.3 Å². The lowest BCUT2D eigenvalue weighted by Crippen LogP contribution is -2.10. The van der Waals surface area contributed by atoms with Crippen molar-refractivity contribution in [3.05, 3.63) is 35.4 Å². The van der Waals surface area contributed by atoms with Crippen LogP contribution < -0.4 is 0 Å². The highest BCUT2D eigenvalue weighted by molar-refractivity contribution is 5.18. The molecule has 1 N–H and O–H groups in total. The van der Waals surface area contributed by atoms with Gasteiger partial charge in [-0.15, -0.1) is 0 Å². The predicted octanol–water partition coefficient (Wildman–Crippen LogP) is 4.62. The third-order valence-corrected chi connectivity index (χ3v) is 3.35. The molecule has 0 aliphatic carbocycles. The summed E-state index contributed by atoms with van der Waals surface area (Å²) in [6.45, 7) is 2.19. The Balaban J connectivity index is 2.19. The van der Waals surface area contributed by atoms with E-state index in [1.165, 1.54) is 37.8 Å². The van der Waals surface area contributed by atoms with E-state index in [-0.39, 0.29) is 0 Å². The molecule has 0 spiro atoms. The lowest BCUT2D eigenvalue weighted by Gasteiger charge is -2.10. The average Bonchev–Trinajstić information content (AvgIpc) is 2.38. The fourth-order valence-electron chi connectivity index (χ4n) is 2.20. The predicted molar refractivity (Wildman–Crippen MR) is 74.1 cm³/mol. The Morgan fingerprint density at radius 1 is 1.00 bits per heavy atom. The molecular weight excluding hydrogens is 246 g/mol. The van der Waals surface area contributed by atoms with Crippen LogP contribution in [0.1, 0.15) is 57.4 Å². The van der Waals surface area contributed by atoms with E-state index in [0.29, 0.717) is 12.0 Å². The van der Waals surface area contributed by atoms with Crippen molar-refractivity contribution in [2.24, 2.45) is 0 Å². The maximum absolute atomic E-state index is 13.0. The van der Waals surface area contributed by atoms with Crippen LogP contribution in [-0.4, -0.2) is 11.2 Å². The van der Waals surface area contributed by atoms with Crippen molar-refractivity contribution in [1.29, 1.82) is 0 Å². The van der Waals surface area contributed by atoms with Gasteiger partial charge >= 0.3 is 0 Å².